The van der Waals surface area contributed by atoms with E-state index in [0.29, 0.717) is 33.8 Å². The maximum Gasteiger partial charge on any atom is 0.297 e. The molecule has 2 aliphatic rings. The lowest BCUT2D eigenvalue weighted by atomic mass is 9.81. The van der Waals surface area contributed by atoms with E-state index in [-0.39, 0.29) is 27.2 Å². The molecule has 2 aromatic rings. The number of anilines is 1. The van der Waals surface area contributed by atoms with Crippen LogP contribution in [0.1, 0.15) is 45.7 Å². The first-order chi connectivity index (χ1) is 23.6. The van der Waals surface area contributed by atoms with Crippen molar-refractivity contribution in [2.24, 2.45) is 0 Å². The molecule has 0 aromatic heterocycles. The molecule has 14 nitrogen and oxygen atoms in total. The van der Waals surface area contributed by atoms with Gasteiger partial charge in [0, 0.05) is 44.6 Å². The molecule has 0 unspecified atom stereocenters. The van der Waals surface area contributed by atoms with Crippen molar-refractivity contribution in [2.45, 2.75) is 55.2 Å². The maximum absolute atomic E-state index is 14.8. The number of hydrogen-bond donors (Lipinski definition) is 4. The molecule has 2 heterocycles. The summed E-state index contributed by atoms with van der Waals surface area (Å²) in [6, 6.07) is 4.73. The topological polar surface area (TPSA) is 224 Å². The van der Waals surface area contributed by atoms with E-state index in [1.54, 1.807) is 98.2 Å². The molecule has 4 rings (SSSR count). The van der Waals surface area contributed by atoms with Gasteiger partial charge in [0.1, 0.15) is 21.4 Å². The third-order valence-electron chi connectivity index (χ3n) is 8.82. The van der Waals surface area contributed by atoms with Crippen LogP contribution in [0.2, 0.25) is 0 Å². The Morgan fingerprint density at radius 3 is 1.96 bits per heavy atom. The molecule has 4 N–H and O–H groups in total. The van der Waals surface area contributed by atoms with Crippen LogP contribution in [0, 0.1) is 9.39 Å². The molecule has 0 bridgehead atoms. The smallest absolute Gasteiger partial charge is 0.297 e. The Morgan fingerprint density at radius 2 is 1.40 bits per heavy atom. The van der Waals surface area contributed by atoms with E-state index in [1.165, 1.54) is 17.0 Å². The molecule has 0 spiro atoms. The van der Waals surface area contributed by atoms with Gasteiger partial charge in [-0.15, -0.1) is 0 Å². The van der Waals surface area contributed by atoms with Crippen LogP contribution in [0.25, 0.3) is 0 Å². The lowest BCUT2D eigenvalue weighted by Crippen LogP contribution is -2.30. The Kier molecular flexibility index (Phi) is 11.6. The molecule has 52 heavy (non-hydrogen) atoms. The average Bonchev–Trinajstić information content (AvgIpc) is 3.29. The molecule has 0 saturated heterocycles. The molecule has 0 aliphatic carbocycles. The minimum absolute atomic E-state index is 0.155. The summed E-state index contributed by atoms with van der Waals surface area (Å²) < 4.78 is 149. The summed E-state index contributed by atoms with van der Waals surface area (Å²) >= 11 is 1.76. The number of hydrogen-bond acceptors (Lipinski definition) is 9. The van der Waals surface area contributed by atoms with Crippen LogP contribution in [-0.4, -0.2) is 86.8 Å². The lowest BCUT2D eigenvalue weighted by molar-refractivity contribution is -0.432. The Labute approximate surface area is 316 Å². The third-order valence-corrected chi connectivity index (χ3v) is 13.2. The molecule has 0 atom stereocenters. The van der Waals surface area contributed by atoms with Crippen molar-refractivity contribution in [1.29, 1.82) is 0 Å². The monoisotopic (exact) mass is 918 g/mol. The van der Waals surface area contributed by atoms with Gasteiger partial charge in [-0.25, -0.2) is 4.39 Å². The maximum atomic E-state index is 14.8. The Balaban J connectivity index is 1.72. The van der Waals surface area contributed by atoms with Crippen LogP contribution in [0.3, 0.4) is 0 Å². The average molecular weight is 919 g/mol. The van der Waals surface area contributed by atoms with Crippen LogP contribution in [0.15, 0.2) is 81.8 Å². The van der Waals surface area contributed by atoms with E-state index in [1.807, 2.05) is 0 Å². The van der Waals surface area contributed by atoms with Gasteiger partial charge in [0.05, 0.1) is 11.2 Å². The lowest BCUT2D eigenvalue weighted by Gasteiger charge is -2.26. The van der Waals surface area contributed by atoms with E-state index < -0.39 is 73.5 Å². The summed E-state index contributed by atoms with van der Waals surface area (Å²) in [7, 11) is -18.3. The fraction of sp³-hybridized carbons (Fsp3) is 0.344. The molecule has 2 aromatic carbocycles. The van der Waals surface area contributed by atoms with Gasteiger partial charge in [-0.3, -0.25) is 18.2 Å². The zero-order chi connectivity index (χ0) is 39.4. The molecule has 0 fully saturated rings. The second-order valence-corrected chi connectivity index (χ2v) is 20.3. The van der Waals surface area contributed by atoms with E-state index in [2.05, 4.69) is 0 Å². The van der Waals surface area contributed by atoms with Crippen molar-refractivity contribution in [3.8, 4) is 0 Å². The van der Waals surface area contributed by atoms with Gasteiger partial charge in [0.25, 0.3) is 40.5 Å². The zero-order valence-electron chi connectivity index (χ0n) is 28.4. The summed E-state index contributed by atoms with van der Waals surface area (Å²) in [6.45, 7) is 8.28. The van der Waals surface area contributed by atoms with Crippen LogP contribution in [0.4, 0.5) is 15.8 Å². The van der Waals surface area contributed by atoms with Gasteiger partial charge in [-0.1, -0.05) is 43.7 Å². The fourth-order valence-electron chi connectivity index (χ4n) is 6.27. The Hall–Kier alpha value is -2.83. The highest BCUT2D eigenvalue weighted by Crippen LogP contribution is 2.49. The Morgan fingerprint density at radius 1 is 0.827 bits per heavy atom. The Bertz CT molecular complexity index is 2450. The predicted octanol–water partition coefficient (Wildman–Crippen LogP) is 4.82. The molecular formula is C32H37FIN2O12S4+. The first kappa shape index (κ1) is 41.9. The number of halogens is 2. The molecular weight excluding hydrogens is 882 g/mol. The molecule has 20 heteroatoms. The van der Waals surface area contributed by atoms with E-state index >= 15 is 0 Å². The predicted molar refractivity (Wildman–Crippen MR) is 201 cm³/mol. The first-order valence-corrected chi connectivity index (χ1v) is 22.4. The summed E-state index contributed by atoms with van der Waals surface area (Å²) in [5.74, 6) is -2.58. The second kappa shape index (κ2) is 14.4. The first-order valence-electron chi connectivity index (χ1n) is 15.3. The molecule has 0 amide bonds. The number of allylic oxidation sites excluding steroid dienone is 8. The highest BCUT2D eigenvalue weighted by atomic mass is 131. The van der Waals surface area contributed by atoms with Crippen LogP contribution in [0.5, 0.6) is 0 Å². The van der Waals surface area contributed by atoms with E-state index in [0.717, 1.165) is 12.1 Å². The number of fused-ring (bicyclic) bond motifs is 2. The second-order valence-electron chi connectivity index (χ2n) is 13.2. The van der Waals surface area contributed by atoms with Crippen molar-refractivity contribution in [2.75, 3.05) is 29.5 Å². The van der Waals surface area contributed by atoms with Crippen molar-refractivity contribution in [3.05, 3.63) is 92.5 Å². The molecule has 0 radical (unpaired) electrons. The van der Waals surface area contributed by atoms with Crippen molar-refractivity contribution >= 4 is 80.1 Å². The van der Waals surface area contributed by atoms with Gasteiger partial charge in [-0.2, -0.15) is 38.2 Å². The van der Waals surface area contributed by atoms with Crippen LogP contribution >= 0.6 is 22.6 Å². The van der Waals surface area contributed by atoms with Crippen LogP contribution in [-0.2, 0) is 51.3 Å². The van der Waals surface area contributed by atoms with Gasteiger partial charge in [0.2, 0.25) is 5.69 Å². The van der Waals surface area contributed by atoms with E-state index in [4.69, 9.17) is 0 Å². The highest BCUT2D eigenvalue weighted by Gasteiger charge is 2.46. The summed E-state index contributed by atoms with van der Waals surface area (Å²) in [5, 5.41) is 0. The zero-order valence-corrected chi connectivity index (χ0v) is 33.9. The van der Waals surface area contributed by atoms with Crippen LogP contribution < -0.4 is 4.90 Å². The van der Waals surface area contributed by atoms with Gasteiger partial charge in [0.15, 0.2) is 12.3 Å². The molecule has 0 saturated carbocycles. The van der Waals surface area contributed by atoms with Gasteiger partial charge >= 0.3 is 0 Å². The standard InChI is InChI=1S/C32H36FIN2O12S4/c1-20(8-6-10-29-31(2,3)21-16-27(51(43,44)45)23(33)18-25(21)35(29)12-14-49(37,38)39)9-7-11-30-32(4,5)22-17-28(52(46,47)48)24(34)19-26(22)36(30)13-15-50(40,41)42/h6-11,16-19H,12-15H2,1-5H3,(H3-,37,38,39,40,41,42,43,44,45,46,47,48)/p+1/i33-1,34+4. The largest absolute Gasteiger partial charge is 0.343 e. The van der Waals surface area contributed by atoms with Gasteiger partial charge in [-0.05, 0) is 73.2 Å². The van der Waals surface area contributed by atoms with Crippen molar-refractivity contribution in [3.63, 3.8) is 0 Å². The quantitative estimate of drug-likeness (QED) is 0.0972. The van der Waals surface area contributed by atoms with Crippen molar-refractivity contribution < 1.29 is 60.8 Å². The van der Waals surface area contributed by atoms with Crippen molar-refractivity contribution in [1.82, 2.24) is 0 Å². The minimum Gasteiger partial charge on any atom is -0.343 e. The van der Waals surface area contributed by atoms with E-state index in [9.17, 15) is 56.3 Å². The minimum atomic E-state index is -4.92. The summed E-state index contributed by atoms with van der Waals surface area (Å²) in [4.78, 5) is 0.201. The van der Waals surface area contributed by atoms with Gasteiger partial charge < -0.3 is 4.90 Å². The summed E-state index contributed by atoms with van der Waals surface area (Å²) in [6.07, 6.45) is 10.0. The highest BCUT2D eigenvalue weighted by molar-refractivity contribution is 14.1. The normalized spacial score (nSPS) is 18.6. The third kappa shape index (κ3) is 9.09. The molecule has 2 aliphatic heterocycles. The number of benzene rings is 2. The molecule has 284 valence electrons. The fourth-order valence-corrected chi connectivity index (χ4v) is 9.52. The SMILES string of the molecule is CC(/C=C/C=C1/N(CCS(=O)(=O)O)c2cc([18F])c(S(=O)(=O)O)cc2C1(C)C)=C\C=C\C1=[N+](CCS(=O)(=O)O)c2cc([131I])c(S(=O)(=O)O)cc2C1(C)C. The number of nitrogens with zero attached hydrogens (tertiary/aromatic N) is 2. The summed E-state index contributed by atoms with van der Waals surface area (Å²) in [5.41, 5.74) is 1.26. The number of rotatable bonds is 12.